The molecule has 2 aliphatic rings. The van der Waals surface area contributed by atoms with Crippen molar-refractivity contribution in [1.29, 1.82) is 0 Å². The predicted molar refractivity (Wildman–Crippen MR) is 128 cm³/mol. The summed E-state index contributed by atoms with van der Waals surface area (Å²) in [5.41, 5.74) is 1.33. The van der Waals surface area contributed by atoms with E-state index in [4.69, 9.17) is 9.84 Å². The molecule has 1 aromatic carbocycles. The Morgan fingerprint density at radius 1 is 1.21 bits per heavy atom. The maximum absolute atomic E-state index is 14.2. The van der Waals surface area contributed by atoms with Crippen molar-refractivity contribution in [2.75, 3.05) is 29.4 Å². The van der Waals surface area contributed by atoms with E-state index in [2.05, 4.69) is 32.0 Å². The van der Waals surface area contributed by atoms with Gasteiger partial charge in [0.25, 0.3) is 0 Å². The van der Waals surface area contributed by atoms with E-state index in [1.54, 1.807) is 18.5 Å². The van der Waals surface area contributed by atoms with Crippen LogP contribution >= 0.6 is 0 Å². The number of carbonyl (C=O) groups is 1. The molecule has 0 radical (unpaired) electrons. The Morgan fingerprint density at radius 3 is 2.91 bits per heavy atom. The first-order valence-electron chi connectivity index (χ1n) is 11.6. The summed E-state index contributed by atoms with van der Waals surface area (Å²) in [7, 11) is 0. The van der Waals surface area contributed by atoms with Gasteiger partial charge in [-0.1, -0.05) is 12.1 Å². The van der Waals surface area contributed by atoms with E-state index in [1.165, 1.54) is 6.07 Å². The summed E-state index contributed by atoms with van der Waals surface area (Å²) < 4.78 is 20.7. The number of benzene rings is 1. The van der Waals surface area contributed by atoms with Gasteiger partial charge in [-0.05, 0) is 37.6 Å². The first kappa shape index (κ1) is 22.2. The summed E-state index contributed by atoms with van der Waals surface area (Å²) in [6.07, 6.45) is 4.84. The number of hydrogen-bond donors (Lipinski definition) is 2. The average Bonchev–Trinajstić information content (AvgIpc) is 3.27. The molecule has 2 saturated heterocycles. The number of nitrogens with one attached hydrogen (secondary N) is 1. The molecule has 8 nitrogen and oxygen atoms in total. The number of ether oxygens (including phenoxy) is 1. The molecule has 0 saturated carbocycles. The van der Waals surface area contributed by atoms with E-state index < -0.39 is 6.09 Å². The molecule has 2 N–H and O–H groups in total. The lowest BCUT2D eigenvalue weighted by atomic mass is 10.0. The van der Waals surface area contributed by atoms with Gasteiger partial charge in [0.1, 0.15) is 23.3 Å². The van der Waals surface area contributed by atoms with Crippen molar-refractivity contribution in [3.63, 3.8) is 0 Å². The average molecular weight is 466 g/mol. The topological polar surface area (TPSA) is 90.8 Å². The number of nitrogens with zero attached hydrogens (tertiary/aromatic N) is 4. The van der Waals surface area contributed by atoms with Gasteiger partial charge in [0.05, 0.1) is 17.9 Å². The number of anilines is 2. The molecule has 2 aromatic heterocycles. The number of carboxylic acid groups (broad SMARTS) is 1. The maximum atomic E-state index is 14.2. The second-order valence-corrected chi connectivity index (χ2v) is 9.01. The highest BCUT2D eigenvalue weighted by Gasteiger charge is 2.30. The molecule has 178 valence electrons. The molecular formula is C25H28FN5O3. The molecule has 5 rings (SSSR count). The lowest BCUT2D eigenvalue weighted by molar-refractivity contribution is 0.155. The van der Waals surface area contributed by atoms with Crippen LogP contribution in [0, 0.1) is 5.82 Å². The zero-order chi connectivity index (χ0) is 23.7. The fraction of sp³-hybridized carbons (Fsp3) is 0.400. The third-order valence-corrected chi connectivity index (χ3v) is 6.69. The fourth-order valence-corrected chi connectivity index (χ4v) is 5.01. The maximum Gasteiger partial charge on any atom is 0.404 e. The molecule has 0 aliphatic carbocycles. The fourth-order valence-electron chi connectivity index (χ4n) is 5.01. The van der Waals surface area contributed by atoms with Crippen LogP contribution in [0.5, 0.6) is 5.75 Å². The molecule has 2 fully saturated rings. The predicted octanol–water partition coefficient (Wildman–Crippen LogP) is 4.05. The van der Waals surface area contributed by atoms with Gasteiger partial charge in [-0.3, -0.25) is 4.98 Å². The zero-order valence-corrected chi connectivity index (χ0v) is 19.0. The minimum atomic E-state index is -0.998. The largest absolute Gasteiger partial charge is 0.486 e. The monoisotopic (exact) mass is 465 g/mol. The number of halogens is 1. The van der Waals surface area contributed by atoms with Gasteiger partial charge in [0, 0.05) is 50.1 Å². The Kier molecular flexibility index (Phi) is 6.08. The van der Waals surface area contributed by atoms with Gasteiger partial charge < -0.3 is 25.0 Å². The van der Waals surface area contributed by atoms with Crippen LogP contribution in [0.2, 0.25) is 0 Å². The number of hydrogen-bond acceptors (Lipinski definition) is 6. The summed E-state index contributed by atoms with van der Waals surface area (Å²) in [5, 5.41) is 12.4. The Labute approximate surface area is 197 Å². The molecule has 9 heteroatoms. The van der Waals surface area contributed by atoms with E-state index in [9.17, 15) is 9.18 Å². The highest BCUT2D eigenvalue weighted by Crippen LogP contribution is 2.34. The van der Waals surface area contributed by atoms with E-state index in [1.807, 2.05) is 24.3 Å². The first-order valence-corrected chi connectivity index (χ1v) is 11.6. The number of pyridine rings is 2. The number of piperidine rings is 1. The van der Waals surface area contributed by atoms with Crippen molar-refractivity contribution in [2.45, 2.75) is 44.4 Å². The molecule has 4 heterocycles. The smallest absolute Gasteiger partial charge is 0.404 e. The van der Waals surface area contributed by atoms with Crippen LogP contribution in [-0.2, 0) is 0 Å². The molecule has 3 aromatic rings. The van der Waals surface area contributed by atoms with Gasteiger partial charge in [-0.15, -0.1) is 0 Å². The molecule has 0 bridgehead atoms. The number of para-hydroxylation sites is 1. The molecule has 34 heavy (non-hydrogen) atoms. The molecule has 3 atom stereocenters. The number of rotatable bonds is 5. The molecular weight excluding hydrogens is 437 g/mol. The van der Waals surface area contributed by atoms with Crippen molar-refractivity contribution < 1.29 is 19.0 Å². The number of fused-ring (bicyclic) bond motifs is 1. The van der Waals surface area contributed by atoms with Crippen LogP contribution < -0.4 is 19.9 Å². The van der Waals surface area contributed by atoms with Crippen LogP contribution in [0.25, 0.3) is 10.9 Å². The highest BCUT2D eigenvalue weighted by atomic mass is 19.1. The quantitative estimate of drug-likeness (QED) is 0.587. The third kappa shape index (κ3) is 4.55. The molecule has 1 amide bonds. The van der Waals surface area contributed by atoms with E-state index in [-0.39, 0.29) is 24.0 Å². The van der Waals surface area contributed by atoms with Gasteiger partial charge in [-0.25, -0.2) is 14.2 Å². The summed E-state index contributed by atoms with van der Waals surface area (Å²) in [6, 6.07) is 10.9. The van der Waals surface area contributed by atoms with Gasteiger partial charge in [0.15, 0.2) is 5.75 Å². The van der Waals surface area contributed by atoms with Crippen LogP contribution in [0.15, 0.2) is 48.8 Å². The summed E-state index contributed by atoms with van der Waals surface area (Å²) in [5.74, 6) is 1.19. The third-order valence-electron chi connectivity index (χ3n) is 6.69. The minimum absolute atomic E-state index is 0.0157. The Morgan fingerprint density at radius 2 is 2.09 bits per heavy atom. The summed E-state index contributed by atoms with van der Waals surface area (Å²) in [6.45, 7) is 4.24. The Hall–Kier alpha value is -3.62. The van der Waals surface area contributed by atoms with E-state index in [0.717, 1.165) is 55.0 Å². The summed E-state index contributed by atoms with van der Waals surface area (Å²) in [4.78, 5) is 24.2. The second-order valence-electron chi connectivity index (χ2n) is 9.01. The van der Waals surface area contributed by atoms with Gasteiger partial charge >= 0.3 is 6.09 Å². The normalized spacial score (nSPS) is 22.7. The van der Waals surface area contributed by atoms with Crippen molar-refractivity contribution in [2.24, 2.45) is 0 Å². The lowest BCUT2D eigenvalue weighted by Crippen LogP contribution is -2.45. The molecule has 0 spiro atoms. The molecule has 2 aliphatic heterocycles. The second kappa shape index (κ2) is 9.32. The molecule has 3 unspecified atom stereocenters. The van der Waals surface area contributed by atoms with Crippen LogP contribution in [0.1, 0.15) is 26.2 Å². The van der Waals surface area contributed by atoms with E-state index in [0.29, 0.717) is 12.1 Å². The van der Waals surface area contributed by atoms with E-state index >= 15 is 0 Å². The zero-order valence-electron chi connectivity index (χ0n) is 19.0. The van der Waals surface area contributed by atoms with Crippen molar-refractivity contribution in [1.82, 2.24) is 15.3 Å². The SMILES string of the molecule is CC1CC(Oc2cnccc2N2CCC(NC(=O)O)C2)CCN1c1ccc2cccc(F)c2n1. The van der Waals surface area contributed by atoms with Gasteiger partial charge in [-0.2, -0.15) is 0 Å². The van der Waals surface area contributed by atoms with Gasteiger partial charge in [0.2, 0.25) is 0 Å². The Balaban J connectivity index is 1.26. The van der Waals surface area contributed by atoms with Crippen molar-refractivity contribution >= 4 is 28.5 Å². The van der Waals surface area contributed by atoms with Crippen LogP contribution in [-0.4, -0.2) is 59.0 Å². The summed E-state index contributed by atoms with van der Waals surface area (Å²) >= 11 is 0. The minimum Gasteiger partial charge on any atom is -0.486 e. The number of amides is 1. The first-order chi connectivity index (χ1) is 16.5. The highest BCUT2D eigenvalue weighted by molar-refractivity contribution is 5.81. The number of aromatic nitrogens is 2. The van der Waals surface area contributed by atoms with Crippen LogP contribution in [0.3, 0.4) is 0 Å². The van der Waals surface area contributed by atoms with Crippen molar-refractivity contribution in [3.8, 4) is 5.75 Å². The lowest BCUT2D eigenvalue weighted by Gasteiger charge is -2.38. The van der Waals surface area contributed by atoms with Crippen LogP contribution in [0.4, 0.5) is 20.7 Å². The Bertz CT molecular complexity index is 1190. The standard InChI is InChI=1S/C25H28FN5O3/c1-16-13-19(9-12-31(16)23-6-5-17-3-2-4-20(26)24(17)29-23)34-22-14-27-10-7-21(22)30-11-8-18(15-30)28-25(32)33/h2-7,10,14,16,18-19,28H,8-9,11-13,15H2,1H3,(H,32,33). The van der Waals surface area contributed by atoms with Crippen molar-refractivity contribution in [3.05, 3.63) is 54.6 Å².